The van der Waals surface area contributed by atoms with E-state index >= 15 is 0 Å². The summed E-state index contributed by atoms with van der Waals surface area (Å²) in [5.41, 5.74) is 1.89. The van der Waals surface area contributed by atoms with Crippen LogP contribution >= 0.6 is 23.2 Å². The Morgan fingerprint density at radius 2 is 1.57 bits per heavy atom. The lowest BCUT2D eigenvalue weighted by Crippen LogP contribution is -2.53. The van der Waals surface area contributed by atoms with E-state index in [0.717, 1.165) is 9.87 Å². The number of benzene rings is 3. The molecule has 0 aliphatic carbocycles. The molecule has 8 nitrogen and oxygen atoms in total. The summed E-state index contributed by atoms with van der Waals surface area (Å²) in [7, 11) is -4.19. The number of rotatable bonds is 13. The van der Waals surface area contributed by atoms with Gasteiger partial charge in [-0.25, -0.2) is 8.42 Å². The number of halogens is 2. The molecule has 11 heteroatoms. The van der Waals surface area contributed by atoms with Crippen LogP contribution in [0.4, 0.5) is 5.69 Å². The minimum absolute atomic E-state index is 0.0000431. The second-order valence-electron chi connectivity index (χ2n) is 10.1. The van der Waals surface area contributed by atoms with Crippen LogP contribution in [0.5, 0.6) is 5.75 Å². The van der Waals surface area contributed by atoms with Gasteiger partial charge in [0.05, 0.1) is 27.2 Å². The fraction of sp³-hybridized carbons (Fsp3) is 0.355. The fourth-order valence-corrected chi connectivity index (χ4v) is 6.11. The summed E-state index contributed by atoms with van der Waals surface area (Å²) < 4.78 is 34.5. The second kappa shape index (κ2) is 14.8. The highest BCUT2D eigenvalue weighted by Gasteiger charge is 2.34. The molecule has 42 heavy (non-hydrogen) atoms. The quantitative estimate of drug-likeness (QED) is 0.241. The lowest BCUT2D eigenvalue weighted by atomic mass is 10.1. The zero-order chi connectivity index (χ0) is 31.0. The van der Waals surface area contributed by atoms with E-state index in [-0.39, 0.29) is 23.4 Å². The van der Waals surface area contributed by atoms with E-state index in [9.17, 15) is 18.0 Å². The van der Waals surface area contributed by atoms with Gasteiger partial charge in [0.1, 0.15) is 18.3 Å². The molecule has 0 fully saturated rings. The Hall–Kier alpha value is -3.27. The Kier molecular flexibility index (Phi) is 11.7. The number of nitrogens with one attached hydrogen (secondary N) is 1. The fourth-order valence-electron chi connectivity index (χ4n) is 4.38. The summed E-state index contributed by atoms with van der Waals surface area (Å²) in [6, 6.07) is 16.9. The highest BCUT2D eigenvalue weighted by molar-refractivity contribution is 7.92. The molecular formula is C31H37Cl2N3O5S. The van der Waals surface area contributed by atoms with E-state index in [0.29, 0.717) is 40.1 Å². The Morgan fingerprint density at radius 3 is 2.12 bits per heavy atom. The summed E-state index contributed by atoms with van der Waals surface area (Å²) in [5.74, 6) is -0.358. The predicted molar refractivity (Wildman–Crippen MR) is 168 cm³/mol. The van der Waals surface area contributed by atoms with Crippen LogP contribution in [0.15, 0.2) is 71.6 Å². The molecule has 0 saturated carbocycles. The van der Waals surface area contributed by atoms with Crippen LogP contribution < -0.4 is 14.4 Å². The first-order chi connectivity index (χ1) is 19.9. The zero-order valence-corrected chi connectivity index (χ0v) is 26.8. The highest BCUT2D eigenvalue weighted by Crippen LogP contribution is 2.28. The van der Waals surface area contributed by atoms with Gasteiger partial charge in [-0.2, -0.15) is 0 Å². The van der Waals surface area contributed by atoms with Gasteiger partial charge in [0.15, 0.2) is 0 Å². The first kappa shape index (κ1) is 33.2. The van der Waals surface area contributed by atoms with Gasteiger partial charge >= 0.3 is 0 Å². The van der Waals surface area contributed by atoms with E-state index in [2.05, 4.69) is 5.32 Å². The van der Waals surface area contributed by atoms with Crippen molar-refractivity contribution in [2.45, 2.75) is 64.6 Å². The maximum atomic E-state index is 14.1. The Morgan fingerprint density at radius 1 is 0.929 bits per heavy atom. The third-order valence-electron chi connectivity index (χ3n) is 6.48. The smallest absolute Gasteiger partial charge is 0.264 e. The lowest BCUT2D eigenvalue weighted by molar-refractivity contribution is -0.140. The van der Waals surface area contributed by atoms with Crippen molar-refractivity contribution < 1.29 is 22.7 Å². The van der Waals surface area contributed by atoms with Gasteiger partial charge in [0.2, 0.25) is 11.8 Å². The first-order valence-electron chi connectivity index (χ1n) is 13.7. The molecule has 3 rings (SSSR count). The Labute approximate surface area is 258 Å². The molecule has 0 saturated heterocycles. The van der Waals surface area contributed by atoms with Crippen molar-refractivity contribution >= 4 is 50.7 Å². The van der Waals surface area contributed by atoms with Crippen LogP contribution in [-0.4, -0.2) is 50.4 Å². The summed E-state index contributed by atoms with van der Waals surface area (Å²) in [6.45, 7) is 9.11. The normalized spacial score (nSPS) is 12.1. The predicted octanol–water partition coefficient (Wildman–Crippen LogP) is 6.23. The van der Waals surface area contributed by atoms with Gasteiger partial charge in [-0.05, 0) is 88.2 Å². The molecule has 0 bridgehead atoms. The molecule has 226 valence electrons. The number of sulfonamides is 1. The standard InChI is InChI=1S/C31H37Cl2N3O5S/c1-6-29(31(38)34-21(3)4)35(19-23-10-17-27(32)28(33)18-23)30(37)20-36(24-11-8-22(5)9-12-24)42(39,40)26-15-13-25(14-16-26)41-7-2/h8-18,21,29H,6-7,19-20H2,1-5H3,(H,34,38). The molecule has 0 aromatic heterocycles. The molecular weight excluding hydrogens is 597 g/mol. The van der Waals surface area contributed by atoms with Crippen molar-refractivity contribution in [1.29, 1.82) is 0 Å². The number of amides is 2. The van der Waals surface area contributed by atoms with Gasteiger partial charge in [-0.3, -0.25) is 13.9 Å². The monoisotopic (exact) mass is 633 g/mol. The van der Waals surface area contributed by atoms with Gasteiger partial charge in [-0.15, -0.1) is 0 Å². The summed E-state index contributed by atoms with van der Waals surface area (Å²) in [5, 5.41) is 3.54. The molecule has 0 aliphatic rings. The van der Waals surface area contributed by atoms with Gasteiger partial charge in [0.25, 0.3) is 10.0 Å². The Bertz CT molecular complexity index is 1480. The molecule has 1 atom stereocenters. The van der Waals surface area contributed by atoms with Crippen LogP contribution in [0.1, 0.15) is 45.2 Å². The molecule has 1 unspecified atom stereocenters. The topological polar surface area (TPSA) is 96.0 Å². The molecule has 0 radical (unpaired) electrons. The number of hydrogen-bond donors (Lipinski definition) is 1. The molecule has 1 N–H and O–H groups in total. The highest BCUT2D eigenvalue weighted by atomic mass is 35.5. The van der Waals surface area contributed by atoms with Crippen LogP contribution in [0.2, 0.25) is 10.0 Å². The van der Waals surface area contributed by atoms with E-state index < -0.39 is 28.5 Å². The molecule has 3 aromatic carbocycles. The van der Waals surface area contributed by atoms with Crippen molar-refractivity contribution in [3.8, 4) is 5.75 Å². The number of carbonyl (C=O) groups is 2. The number of anilines is 1. The van der Waals surface area contributed by atoms with Gasteiger partial charge in [-0.1, -0.05) is 53.9 Å². The first-order valence-corrected chi connectivity index (χ1v) is 15.9. The average Bonchev–Trinajstić information content (AvgIpc) is 2.94. The molecule has 0 spiro atoms. The van der Waals surface area contributed by atoms with Crippen LogP contribution in [0.3, 0.4) is 0 Å². The van der Waals surface area contributed by atoms with Crippen molar-refractivity contribution in [2.24, 2.45) is 0 Å². The van der Waals surface area contributed by atoms with E-state index in [1.54, 1.807) is 61.5 Å². The molecule has 0 heterocycles. The average molecular weight is 635 g/mol. The molecule has 2 amide bonds. The summed E-state index contributed by atoms with van der Waals surface area (Å²) in [6.07, 6.45) is 0.307. The number of hydrogen-bond acceptors (Lipinski definition) is 5. The second-order valence-corrected chi connectivity index (χ2v) is 12.8. The van der Waals surface area contributed by atoms with Crippen molar-refractivity contribution in [3.63, 3.8) is 0 Å². The van der Waals surface area contributed by atoms with Crippen LogP contribution in [0, 0.1) is 6.92 Å². The number of aryl methyl sites for hydroxylation is 1. The number of carbonyl (C=O) groups excluding carboxylic acids is 2. The minimum atomic E-state index is -4.19. The van der Waals surface area contributed by atoms with Gasteiger partial charge < -0.3 is 15.0 Å². The zero-order valence-electron chi connectivity index (χ0n) is 24.4. The SMILES string of the molecule is CCOc1ccc(S(=O)(=O)N(CC(=O)N(Cc2ccc(Cl)c(Cl)c2)C(CC)C(=O)NC(C)C)c2ccc(C)cc2)cc1. The third-order valence-corrected chi connectivity index (χ3v) is 9.00. The molecule has 0 aliphatic heterocycles. The van der Waals surface area contributed by atoms with E-state index in [1.807, 2.05) is 27.7 Å². The maximum absolute atomic E-state index is 14.1. The lowest BCUT2D eigenvalue weighted by Gasteiger charge is -2.33. The van der Waals surface area contributed by atoms with Crippen molar-refractivity contribution in [1.82, 2.24) is 10.2 Å². The van der Waals surface area contributed by atoms with Gasteiger partial charge in [0, 0.05) is 12.6 Å². The largest absolute Gasteiger partial charge is 0.494 e. The van der Waals surface area contributed by atoms with E-state index in [1.165, 1.54) is 17.0 Å². The van der Waals surface area contributed by atoms with Crippen molar-refractivity contribution in [2.75, 3.05) is 17.5 Å². The van der Waals surface area contributed by atoms with Crippen molar-refractivity contribution in [3.05, 3.63) is 87.9 Å². The maximum Gasteiger partial charge on any atom is 0.264 e. The number of ether oxygens (including phenoxy) is 1. The summed E-state index contributed by atoms with van der Waals surface area (Å²) >= 11 is 12.3. The minimum Gasteiger partial charge on any atom is -0.494 e. The van der Waals surface area contributed by atoms with Crippen LogP contribution in [-0.2, 0) is 26.2 Å². The number of nitrogens with zero attached hydrogens (tertiary/aromatic N) is 2. The molecule has 3 aromatic rings. The van der Waals surface area contributed by atoms with E-state index in [4.69, 9.17) is 27.9 Å². The Balaban J connectivity index is 2.06. The summed E-state index contributed by atoms with van der Waals surface area (Å²) in [4.78, 5) is 28.8. The third kappa shape index (κ3) is 8.40. The van der Waals surface area contributed by atoms with Crippen LogP contribution in [0.25, 0.3) is 0 Å².